The molecular weight excluding hydrogens is 218 g/mol. The fourth-order valence-electron chi connectivity index (χ4n) is 1.93. The van der Waals surface area contributed by atoms with Crippen molar-refractivity contribution in [1.82, 2.24) is 15.8 Å². The van der Waals surface area contributed by atoms with Crippen molar-refractivity contribution in [1.29, 1.82) is 0 Å². The van der Waals surface area contributed by atoms with E-state index < -0.39 is 0 Å². The molecule has 96 valence electrons. The quantitative estimate of drug-likeness (QED) is 0.813. The number of carbonyl (C=O) groups is 1. The average molecular weight is 239 g/mol. The zero-order valence-electron chi connectivity index (χ0n) is 11.1. The third-order valence-electron chi connectivity index (χ3n) is 2.84. The van der Waals surface area contributed by atoms with Crippen molar-refractivity contribution in [3.8, 4) is 0 Å². The number of nitrogens with zero attached hydrogens (tertiary/aromatic N) is 1. The first-order valence-corrected chi connectivity index (χ1v) is 5.85. The average Bonchev–Trinajstić information content (AvgIpc) is 2.58. The molecule has 1 amide bonds. The molecule has 1 heterocycles. The lowest BCUT2D eigenvalue weighted by atomic mass is 10.1. The fraction of sp³-hybridized carbons (Fsp3) is 0.667. The van der Waals surface area contributed by atoms with Crippen LogP contribution in [-0.2, 0) is 4.79 Å². The van der Waals surface area contributed by atoms with Crippen LogP contribution in [0.3, 0.4) is 0 Å². The zero-order valence-corrected chi connectivity index (χ0v) is 11.1. The van der Waals surface area contributed by atoms with Crippen molar-refractivity contribution >= 4 is 5.91 Å². The standard InChI is InChI=1S/C12H21N3O2/c1-7(6-13-5)12(16)14-8(2)11-9(3)15-17-10(11)4/h7-8,13H,6H2,1-5H3,(H,14,16). The van der Waals surface area contributed by atoms with Gasteiger partial charge in [-0.2, -0.15) is 0 Å². The van der Waals surface area contributed by atoms with Crippen molar-refractivity contribution in [3.63, 3.8) is 0 Å². The summed E-state index contributed by atoms with van der Waals surface area (Å²) in [6, 6.07) is -0.0759. The summed E-state index contributed by atoms with van der Waals surface area (Å²) < 4.78 is 5.09. The van der Waals surface area contributed by atoms with E-state index in [4.69, 9.17) is 4.52 Å². The molecule has 17 heavy (non-hydrogen) atoms. The smallest absolute Gasteiger partial charge is 0.224 e. The van der Waals surface area contributed by atoms with Gasteiger partial charge in [-0.1, -0.05) is 12.1 Å². The highest BCUT2D eigenvalue weighted by Gasteiger charge is 2.20. The molecule has 2 N–H and O–H groups in total. The molecule has 5 nitrogen and oxygen atoms in total. The summed E-state index contributed by atoms with van der Waals surface area (Å²) >= 11 is 0. The number of aryl methyl sites for hydroxylation is 2. The van der Waals surface area contributed by atoms with Gasteiger partial charge in [0.2, 0.25) is 5.91 Å². The van der Waals surface area contributed by atoms with Gasteiger partial charge in [-0.15, -0.1) is 0 Å². The number of rotatable bonds is 5. The Morgan fingerprint density at radius 1 is 1.41 bits per heavy atom. The van der Waals surface area contributed by atoms with Gasteiger partial charge in [0.05, 0.1) is 11.7 Å². The van der Waals surface area contributed by atoms with Gasteiger partial charge in [0.25, 0.3) is 0 Å². The highest BCUT2D eigenvalue weighted by Crippen LogP contribution is 2.21. The van der Waals surface area contributed by atoms with Crippen LogP contribution in [0.2, 0.25) is 0 Å². The molecule has 0 radical (unpaired) electrons. The molecule has 1 aromatic rings. The minimum atomic E-state index is -0.0759. The largest absolute Gasteiger partial charge is 0.361 e. The van der Waals surface area contributed by atoms with Crippen molar-refractivity contribution in [2.45, 2.75) is 33.7 Å². The Morgan fingerprint density at radius 3 is 2.53 bits per heavy atom. The van der Waals surface area contributed by atoms with Crippen LogP contribution in [0, 0.1) is 19.8 Å². The first kappa shape index (κ1) is 13.7. The molecule has 0 aromatic carbocycles. The lowest BCUT2D eigenvalue weighted by Crippen LogP contribution is -2.36. The molecule has 0 saturated heterocycles. The maximum absolute atomic E-state index is 11.9. The van der Waals surface area contributed by atoms with E-state index in [1.165, 1.54) is 0 Å². The molecule has 2 unspecified atom stereocenters. The number of hydrogen-bond acceptors (Lipinski definition) is 4. The highest BCUT2D eigenvalue weighted by atomic mass is 16.5. The Kier molecular flexibility index (Phi) is 4.69. The zero-order chi connectivity index (χ0) is 13.0. The molecule has 0 aliphatic carbocycles. The molecule has 0 aliphatic rings. The van der Waals surface area contributed by atoms with E-state index in [9.17, 15) is 4.79 Å². The second-order valence-electron chi connectivity index (χ2n) is 4.43. The van der Waals surface area contributed by atoms with Gasteiger partial charge in [0, 0.05) is 18.0 Å². The van der Waals surface area contributed by atoms with Gasteiger partial charge in [-0.3, -0.25) is 4.79 Å². The second-order valence-corrected chi connectivity index (χ2v) is 4.43. The number of carbonyl (C=O) groups excluding carboxylic acids is 1. The summed E-state index contributed by atoms with van der Waals surface area (Å²) in [7, 11) is 1.83. The number of hydrogen-bond donors (Lipinski definition) is 2. The molecule has 1 aromatic heterocycles. The number of nitrogens with one attached hydrogen (secondary N) is 2. The van der Waals surface area contributed by atoms with Gasteiger partial charge in [-0.05, 0) is 27.8 Å². The van der Waals surface area contributed by atoms with E-state index >= 15 is 0 Å². The molecule has 5 heteroatoms. The van der Waals surface area contributed by atoms with E-state index in [-0.39, 0.29) is 17.9 Å². The third-order valence-corrected chi connectivity index (χ3v) is 2.84. The Morgan fingerprint density at radius 2 is 2.06 bits per heavy atom. The summed E-state index contributed by atoms with van der Waals surface area (Å²) in [6.45, 7) is 8.24. The van der Waals surface area contributed by atoms with E-state index in [1.807, 2.05) is 34.7 Å². The van der Waals surface area contributed by atoms with E-state index in [0.717, 1.165) is 17.0 Å². The van der Waals surface area contributed by atoms with Crippen LogP contribution in [0.5, 0.6) is 0 Å². The summed E-state index contributed by atoms with van der Waals surface area (Å²) in [5.41, 5.74) is 1.80. The van der Waals surface area contributed by atoms with Crippen LogP contribution in [0.15, 0.2) is 4.52 Å². The van der Waals surface area contributed by atoms with Gasteiger partial charge < -0.3 is 15.2 Å². The fourth-order valence-corrected chi connectivity index (χ4v) is 1.93. The predicted octanol–water partition coefficient (Wildman–Crippen LogP) is 1.32. The van der Waals surface area contributed by atoms with Crippen LogP contribution >= 0.6 is 0 Å². The summed E-state index contributed by atoms with van der Waals surface area (Å²) in [4.78, 5) is 11.9. The van der Waals surface area contributed by atoms with Gasteiger partial charge in [0.1, 0.15) is 5.76 Å². The molecule has 1 rings (SSSR count). The molecule has 0 spiro atoms. The van der Waals surface area contributed by atoms with Crippen molar-refractivity contribution < 1.29 is 9.32 Å². The molecule has 0 bridgehead atoms. The van der Waals surface area contributed by atoms with Gasteiger partial charge in [-0.25, -0.2) is 0 Å². The maximum atomic E-state index is 11.9. The number of aromatic nitrogens is 1. The molecule has 0 saturated carbocycles. The second kappa shape index (κ2) is 5.82. The minimum absolute atomic E-state index is 0.0341. The van der Waals surface area contributed by atoms with E-state index in [0.29, 0.717) is 6.54 Å². The van der Waals surface area contributed by atoms with E-state index in [2.05, 4.69) is 15.8 Å². The van der Waals surface area contributed by atoms with Crippen LogP contribution in [0.1, 0.15) is 36.9 Å². The SMILES string of the molecule is CNCC(C)C(=O)NC(C)c1c(C)noc1C. The lowest BCUT2D eigenvalue weighted by molar-refractivity contribution is -0.125. The molecule has 0 fully saturated rings. The number of amides is 1. The van der Waals surface area contributed by atoms with Crippen LogP contribution in [0.25, 0.3) is 0 Å². The Labute approximate surface area is 102 Å². The Balaban J connectivity index is 2.66. The maximum Gasteiger partial charge on any atom is 0.224 e. The molecule has 0 aliphatic heterocycles. The van der Waals surface area contributed by atoms with Crippen molar-refractivity contribution in [3.05, 3.63) is 17.0 Å². The van der Waals surface area contributed by atoms with Crippen LogP contribution in [0.4, 0.5) is 0 Å². The Hall–Kier alpha value is -1.36. The minimum Gasteiger partial charge on any atom is -0.361 e. The Bertz CT molecular complexity index is 368. The lowest BCUT2D eigenvalue weighted by Gasteiger charge is -2.17. The topological polar surface area (TPSA) is 67.2 Å². The summed E-state index contributed by atoms with van der Waals surface area (Å²) in [6.07, 6.45) is 0. The third kappa shape index (κ3) is 3.30. The first-order chi connectivity index (χ1) is 7.97. The monoisotopic (exact) mass is 239 g/mol. The van der Waals surface area contributed by atoms with E-state index in [1.54, 1.807) is 0 Å². The molecular formula is C12H21N3O2. The van der Waals surface area contributed by atoms with Crippen LogP contribution < -0.4 is 10.6 Å². The van der Waals surface area contributed by atoms with Crippen LogP contribution in [-0.4, -0.2) is 24.7 Å². The summed E-state index contributed by atoms with van der Waals surface area (Å²) in [5.74, 6) is 0.742. The van der Waals surface area contributed by atoms with Gasteiger partial charge >= 0.3 is 0 Å². The molecule has 2 atom stereocenters. The van der Waals surface area contributed by atoms with Crippen molar-refractivity contribution in [2.75, 3.05) is 13.6 Å². The first-order valence-electron chi connectivity index (χ1n) is 5.85. The van der Waals surface area contributed by atoms with Crippen molar-refractivity contribution in [2.24, 2.45) is 5.92 Å². The normalized spacial score (nSPS) is 14.4. The van der Waals surface area contributed by atoms with Gasteiger partial charge in [0.15, 0.2) is 0 Å². The predicted molar refractivity (Wildman–Crippen MR) is 65.6 cm³/mol. The highest BCUT2D eigenvalue weighted by molar-refractivity contribution is 5.79. The summed E-state index contributed by atoms with van der Waals surface area (Å²) in [5, 5.41) is 9.84.